The maximum atomic E-state index is 10.4. The molecule has 25 heavy (non-hydrogen) atoms. The van der Waals surface area contributed by atoms with Gasteiger partial charge in [0, 0.05) is 30.2 Å². The van der Waals surface area contributed by atoms with Crippen molar-refractivity contribution in [3.8, 4) is 22.6 Å². The molecule has 2 aromatic carbocycles. The van der Waals surface area contributed by atoms with Crippen LogP contribution in [0.3, 0.4) is 0 Å². The highest BCUT2D eigenvalue weighted by Gasteiger charge is 2.19. The summed E-state index contributed by atoms with van der Waals surface area (Å²) in [5.41, 5.74) is 2.79. The quantitative estimate of drug-likeness (QED) is 0.773. The Kier molecular flexibility index (Phi) is 6.15. The molecule has 0 aliphatic carbocycles. The van der Waals surface area contributed by atoms with Crippen molar-refractivity contribution in [3.63, 3.8) is 0 Å². The number of aliphatic hydroxyl groups excluding tert-OH is 1. The second-order valence-electron chi connectivity index (χ2n) is 5.95. The minimum absolute atomic E-state index is 0.0306. The minimum atomic E-state index is 0.0306. The molecule has 2 aromatic rings. The van der Waals surface area contributed by atoms with Crippen LogP contribution < -0.4 is 4.74 Å². The topological polar surface area (TPSA) is 62.2 Å². The van der Waals surface area contributed by atoms with Gasteiger partial charge >= 0.3 is 0 Å². The predicted molar refractivity (Wildman–Crippen MR) is 97.2 cm³/mol. The maximum Gasteiger partial charge on any atom is 0.165 e. The third kappa shape index (κ3) is 4.64. The highest BCUT2D eigenvalue weighted by atomic mass is 35.5. The average molecular weight is 364 g/mol. The first kappa shape index (κ1) is 18.0. The number of ether oxygens (including phenoxy) is 2. The highest BCUT2D eigenvalue weighted by Crippen LogP contribution is 2.37. The number of fused-ring (bicyclic) bond motifs is 1. The van der Waals surface area contributed by atoms with Crippen LogP contribution in [0, 0.1) is 0 Å². The number of phenols is 1. The lowest BCUT2D eigenvalue weighted by molar-refractivity contribution is 0.0708. The molecule has 2 N–H and O–H groups in total. The molecule has 0 saturated heterocycles. The fourth-order valence-electron chi connectivity index (χ4n) is 2.94. The monoisotopic (exact) mass is 363 g/mol. The van der Waals surface area contributed by atoms with Gasteiger partial charge in [0.25, 0.3) is 0 Å². The van der Waals surface area contributed by atoms with Gasteiger partial charge in [-0.05, 0) is 35.4 Å². The fraction of sp³-hybridized carbons (Fsp3) is 0.368. The van der Waals surface area contributed by atoms with Crippen molar-refractivity contribution in [1.82, 2.24) is 4.90 Å². The normalized spacial score (nSPS) is 14.6. The number of nitrogens with zero attached hydrogens (tertiary/aromatic N) is 1. The van der Waals surface area contributed by atoms with Gasteiger partial charge in [-0.15, -0.1) is 0 Å². The molecule has 0 amide bonds. The number of aliphatic hydroxyl groups is 1. The molecular formula is C19H22ClNO4. The summed E-state index contributed by atoms with van der Waals surface area (Å²) in [6.07, 6.45) is 0. The summed E-state index contributed by atoms with van der Waals surface area (Å²) in [5.74, 6) is 0.690. The van der Waals surface area contributed by atoms with Crippen LogP contribution in [0.5, 0.6) is 11.5 Å². The van der Waals surface area contributed by atoms with Gasteiger partial charge in [0.15, 0.2) is 11.5 Å². The van der Waals surface area contributed by atoms with Crippen LogP contribution in [0.4, 0.5) is 0 Å². The van der Waals surface area contributed by atoms with Gasteiger partial charge in [-0.2, -0.15) is 0 Å². The Balaban J connectivity index is 1.81. The highest BCUT2D eigenvalue weighted by molar-refractivity contribution is 6.30. The Labute approximate surface area is 152 Å². The first-order valence-corrected chi connectivity index (χ1v) is 8.71. The molecular weight excluding hydrogens is 342 g/mol. The van der Waals surface area contributed by atoms with E-state index < -0.39 is 0 Å². The predicted octanol–water partition coefficient (Wildman–Crippen LogP) is 2.92. The van der Waals surface area contributed by atoms with Gasteiger partial charge in [-0.3, -0.25) is 4.90 Å². The molecule has 1 aliphatic rings. The summed E-state index contributed by atoms with van der Waals surface area (Å²) in [4.78, 5) is 2.21. The Hall–Kier alpha value is -1.79. The third-order valence-electron chi connectivity index (χ3n) is 4.14. The lowest BCUT2D eigenvalue weighted by atomic mass is 10.0. The second-order valence-corrected chi connectivity index (χ2v) is 6.39. The third-order valence-corrected chi connectivity index (χ3v) is 4.37. The van der Waals surface area contributed by atoms with Crippen molar-refractivity contribution in [2.75, 3.05) is 39.5 Å². The number of phenolic OH excluding ortho intramolecular Hbond substituents is 1. The summed E-state index contributed by atoms with van der Waals surface area (Å²) in [6.45, 7) is 3.60. The van der Waals surface area contributed by atoms with Gasteiger partial charge in [-0.1, -0.05) is 23.7 Å². The van der Waals surface area contributed by atoms with Crippen molar-refractivity contribution in [2.24, 2.45) is 0 Å². The van der Waals surface area contributed by atoms with Crippen molar-refractivity contribution in [1.29, 1.82) is 0 Å². The lowest BCUT2D eigenvalue weighted by Crippen LogP contribution is -2.29. The van der Waals surface area contributed by atoms with Crippen LogP contribution in [0.1, 0.15) is 5.56 Å². The van der Waals surface area contributed by atoms with E-state index in [1.165, 1.54) is 0 Å². The van der Waals surface area contributed by atoms with Crippen LogP contribution in [-0.2, 0) is 11.3 Å². The van der Waals surface area contributed by atoms with E-state index >= 15 is 0 Å². The zero-order valence-corrected chi connectivity index (χ0v) is 14.7. The average Bonchev–Trinajstić information content (AvgIpc) is 2.81. The first-order valence-electron chi connectivity index (χ1n) is 8.33. The zero-order valence-electron chi connectivity index (χ0n) is 13.9. The Morgan fingerprint density at radius 3 is 2.84 bits per heavy atom. The molecule has 0 spiro atoms. The Morgan fingerprint density at radius 2 is 2.04 bits per heavy atom. The molecule has 1 aliphatic heterocycles. The van der Waals surface area contributed by atoms with Crippen LogP contribution in [-0.4, -0.2) is 54.6 Å². The van der Waals surface area contributed by atoms with Gasteiger partial charge in [0.2, 0.25) is 0 Å². The van der Waals surface area contributed by atoms with Gasteiger partial charge < -0.3 is 19.7 Å². The van der Waals surface area contributed by atoms with E-state index in [1.807, 2.05) is 30.3 Å². The van der Waals surface area contributed by atoms with Gasteiger partial charge in [-0.25, -0.2) is 0 Å². The summed E-state index contributed by atoms with van der Waals surface area (Å²) in [5, 5.41) is 19.8. The van der Waals surface area contributed by atoms with Crippen LogP contribution in [0.25, 0.3) is 11.1 Å². The summed E-state index contributed by atoms with van der Waals surface area (Å²) < 4.78 is 11.1. The van der Waals surface area contributed by atoms with E-state index in [-0.39, 0.29) is 12.4 Å². The molecule has 1 heterocycles. The molecule has 0 bridgehead atoms. The second kappa shape index (κ2) is 8.54. The molecule has 0 aromatic heterocycles. The van der Waals surface area contributed by atoms with E-state index in [0.717, 1.165) is 29.8 Å². The number of benzene rings is 2. The van der Waals surface area contributed by atoms with Crippen LogP contribution in [0.2, 0.25) is 5.02 Å². The molecule has 0 radical (unpaired) electrons. The van der Waals surface area contributed by atoms with Crippen LogP contribution in [0.15, 0.2) is 36.4 Å². The molecule has 134 valence electrons. The SMILES string of the molecule is OCCOCCN1CCOc2c(O)cc(-c3cccc(Cl)c3)cc2C1. The van der Waals surface area contributed by atoms with E-state index in [1.54, 1.807) is 6.07 Å². The van der Waals surface area contributed by atoms with Crippen molar-refractivity contribution >= 4 is 11.6 Å². The maximum absolute atomic E-state index is 10.4. The molecule has 0 saturated carbocycles. The number of aromatic hydroxyl groups is 1. The summed E-state index contributed by atoms with van der Waals surface area (Å²) >= 11 is 6.08. The lowest BCUT2D eigenvalue weighted by Gasteiger charge is -2.19. The van der Waals surface area contributed by atoms with Gasteiger partial charge in [0.1, 0.15) is 6.61 Å². The van der Waals surface area contributed by atoms with Crippen LogP contribution >= 0.6 is 11.6 Å². The number of rotatable bonds is 6. The largest absolute Gasteiger partial charge is 0.504 e. The van der Waals surface area contributed by atoms with Crippen molar-refractivity contribution in [3.05, 3.63) is 47.0 Å². The summed E-state index contributed by atoms with van der Waals surface area (Å²) in [7, 11) is 0. The molecule has 6 heteroatoms. The smallest absolute Gasteiger partial charge is 0.165 e. The number of hydrogen-bond donors (Lipinski definition) is 2. The number of hydrogen-bond acceptors (Lipinski definition) is 5. The zero-order chi connectivity index (χ0) is 17.6. The molecule has 3 rings (SSSR count). The molecule has 0 atom stereocenters. The van der Waals surface area contributed by atoms with E-state index in [4.69, 9.17) is 26.2 Å². The summed E-state index contributed by atoms with van der Waals surface area (Å²) in [6, 6.07) is 11.3. The first-order chi connectivity index (χ1) is 12.2. The Morgan fingerprint density at radius 1 is 1.16 bits per heavy atom. The molecule has 5 nitrogen and oxygen atoms in total. The van der Waals surface area contributed by atoms with Crippen molar-refractivity contribution < 1.29 is 19.7 Å². The standard InChI is InChI=1S/C19H22ClNO4/c20-17-3-1-2-14(11-17)15-10-16-13-21(4-7-24-9-6-22)5-8-25-19(16)18(23)12-15/h1-3,10-12,22-23H,4-9,13H2. The molecule has 0 unspecified atom stereocenters. The van der Waals surface area contributed by atoms with Gasteiger partial charge in [0.05, 0.1) is 19.8 Å². The van der Waals surface area contributed by atoms with E-state index in [9.17, 15) is 5.11 Å². The fourth-order valence-corrected chi connectivity index (χ4v) is 3.13. The van der Waals surface area contributed by atoms with Crippen molar-refractivity contribution in [2.45, 2.75) is 6.54 Å². The molecule has 0 fully saturated rings. The van der Waals surface area contributed by atoms with E-state index in [2.05, 4.69) is 4.90 Å². The van der Waals surface area contributed by atoms with E-state index in [0.29, 0.717) is 37.1 Å². The minimum Gasteiger partial charge on any atom is -0.504 e. The number of halogens is 1. The Bertz CT molecular complexity index is 723.